The normalized spacial score (nSPS) is 21.6. The molecule has 3 nitrogen and oxygen atoms in total. The first-order chi connectivity index (χ1) is 8.27. The second kappa shape index (κ2) is 6.15. The number of ether oxygens (including phenoxy) is 2. The lowest BCUT2D eigenvalue weighted by Gasteiger charge is -2.15. The Bertz CT molecular complexity index is 345. The van der Waals surface area contributed by atoms with E-state index in [9.17, 15) is 5.11 Å². The fourth-order valence-corrected chi connectivity index (χ4v) is 2.14. The van der Waals surface area contributed by atoms with Crippen LogP contribution in [0.25, 0.3) is 0 Å². The summed E-state index contributed by atoms with van der Waals surface area (Å²) >= 11 is 0. The van der Waals surface area contributed by atoms with Gasteiger partial charge in [0.15, 0.2) is 0 Å². The van der Waals surface area contributed by atoms with Crippen molar-refractivity contribution < 1.29 is 14.6 Å². The van der Waals surface area contributed by atoms with Crippen molar-refractivity contribution in [2.24, 2.45) is 0 Å². The van der Waals surface area contributed by atoms with E-state index in [-0.39, 0.29) is 6.10 Å². The average Bonchev–Trinajstić information content (AvgIpc) is 2.82. The summed E-state index contributed by atoms with van der Waals surface area (Å²) in [5.74, 6) is 0. The summed E-state index contributed by atoms with van der Waals surface area (Å²) in [6, 6.07) is 7.85. The SMILES string of the molecule is Cc1ccccc1C(O)COCC1CCCO1. The smallest absolute Gasteiger partial charge is 0.103 e. The van der Waals surface area contributed by atoms with E-state index in [2.05, 4.69) is 0 Å². The molecule has 0 aliphatic carbocycles. The molecule has 0 spiro atoms. The zero-order valence-corrected chi connectivity index (χ0v) is 10.3. The van der Waals surface area contributed by atoms with Crippen molar-refractivity contribution in [1.29, 1.82) is 0 Å². The second-order valence-corrected chi connectivity index (χ2v) is 4.54. The van der Waals surface area contributed by atoms with E-state index in [1.54, 1.807) is 0 Å². The van der Waals surface area contributed by atoms with E-state index in [0.29, 0.717) is 13.2 Å². The molecule has 0 saturated carbocycles. The molecule has 2 rings (SSSR count). The molecule has 17 heavy (non-hydrogen) atoms. The van der Waals surface area contributed by atoms with Crippen LogP contribution in [0.3, 0.4) is 0 Å². The predicted molar refractivity (Wildman–Crippen MR) is 65.9 cm³/mol. The second-order valence-electron chi connectivity index (χ2n) is 4.54. The molecule has 0 amide bonds. The quantitative estimate of drug-likeness (QED) is 0.852. The maximum absolute atomic E-state index is 10.0. The summed E-state index contributed by atoms with van der Waals surface area (Å²) in [5, 5.41) is 10.0. The Hall–Kier alpha value is -0.900. The van der Waals surface area contributed by atoms with Crippen LogP contribution in [0.15, 0.2) is 24.3 Å². The predicted octanol–water partition coefficient (Wildman–Crippen LogP) is 2.22. The van der Waals surface area contributed by atoms with E-state index in [0.717, 1.165) is 30.6 Å². The van der Waals surface area contributed by atoms with Gasteiger partial charge < -0.3 is 14.6 Å². The van der Waals surface area contributed by atoms with Crippen molar-refractivity contribution in [3.8, 4) is 0 Å². The summed E-state index contributed by atoms with van der Waals surface area (Å²) < 4.78 is 11.0. The van der Waals surface area contributed by atoms with Crippen molar-refractivity contribution in [2.75, 3.05) is 19.8 Å². The molecule has 0 radical (unpaired) electrons. The molecular formula is C14H20O3. The minimum atomic E-state index is -0.544. The topological polar surface area (TPSA) is 38.7 Å². The van der Waals surface area contributed by atoms with E-state index < -0.39 is 6.10 Å². The number of aryl methyl sites for hydroxylation is 1. The van der Waals surface area contributed by atoms with Crippen LogP contribution in [0.2, 0.25) is 0 Å². The third-order valence-corrected chi connectivity index (χ3v) is 3.15. The van der Waals surface area contributed by atoms with E-state index in [1.807, 2.05) is 31.2 Å². The lowest BCUT2D eigenvalue weighted by molar-refractivity contribution is -0.0177. The summed E-state index contributed by atoms with van der Waals surface area (Å²) in [4.78, 5) is 0. The molecule has 1 heterocycles. The molecule has 2 atom stereocenters. The molecule has 1 saturated heterocycles. The molecule has 1 N–H and O–H groups in total. The van der Waals surface area contributed by atoms with Gasteiger partial charge in [-0.3, -0.25) is 0 Å². The highest BCUT2D eigenvalue weighted by molar-refractivity contribution is 5.27. The lowest BCUT2D eigenvalue weighted by Crippen LogP contribution is -2.17. The summed E-state index contributed by atoms with van der Waals surface area (Å²) in [6.45, 7) is 3.76. The number of benzene rings is 1. The third-order valence-electron chi connectivity index (χ3n) is 3.15. The van der Waals surface area contributed by atoms with Gasteiger partial charge in [0, 0.05) is 6.61 Å². The third kappa shape index (κ3) is 3.53. The van der Waals surface area contributed by atoms with Crippen LogP contribution in [0.4, 0.5) is 0 Å². The van der Waals surface area contributed by atoms with Gasteiger partial charge in [-0.1, -0.05) is 24.3 Å². The maximum Gasteiger partial charge on any atom is 0.103 e. The largest absolute Gasteiger partial charge is 0.386 e. The van der Waals surface area contributed by atoms with Gasteiger partial charge in [0.1, 0.15) is 6.10 Å². The van der Waals surface area contributed by atoms with Crippen molar-refractivity contribution in [3.63, 3.8) is 0 Å². The number of hydrogen-bond donors (Lipinski definition) is 1. The van der Waals surface area contributed by atoms with E-state index in [1.165, 1.54) is 0 Å². The lowest BCUT2D eigenvalue weighted by atomic mass is 10.0. The van der Waals surface area contributed by atoms with Crippen LogP contribution >= 0.6 is 0 Å². The molecule has 1 aliphatic heterocycles. The molecule has 3 heteroatoms. The molecule has 1 aliphatic rings. The fourth-order valence-electron chi connectivity index (χ4n) is 2.14. The Morgan fingerprint density at radius 1 is 1.47 bits per heavy atom. The first-order valence-corrected chi connectivity index (χ1v) is 6.20. The molecule has 1 aromatic rings. The molecule has 0 bridgehead atoms. The molecule has 1 fully saturated rings. The minimum Gasteiger partial charge on any atom is -0.386 e. The van der Waals surface area contributed by atoms with Gasteiger partial charge in [-0.15, -0.1) is 0 Å². The van der Waals surface area contributed by atoms with Gasteiger partial charge in [-0.2, -0.15) is 0 Å². The van der Waals surface area contributed by atoms with Gasteiger partial charge in [0.25, 0.3) is 0 Å². The summed E-state index contributed by atoms with van der Waals surface area (Å²) in [6.07, 6.45) is 1.87. The Morgan fingerprint density at radius 3 is 3.00 bits per heavy atom. The van der Waals surface area contributed by atoms with Crippen LogP contribution in [0.1, 0.15) is 30.1 Å². The van der Waals surface area contributed by atoms with Crippen molar-refractivity contribution >= 4 is 0 Å². The Kier molecular flexibility index (Phi) is 4.54. The van der Waals surface area contributed by atoms with Crippen molar-refractivity contribution in [2.45, 2.75) is 32.0 Å². The van der Waals surface area contributed by atoms with Gasteiger partial charge in [-0.05, 0) is 30.9 Å². The maximum atomic E-state index is 10.0. The van der Waals surface area contributed by atoms with Crippen LogP contribution in [-0.2, 0) is 9.47 Å². The molecular weight excluding hydrogens is 216 g/mol. The van der Waals surface area contributed by atoms with Gasteiger partial charge in [0.05, 0.1) is 19.3 Å². The number of rotatable bonds is 5. The van der Waals surface area contributed by atoms with Crippen LogP contribution in [0, 0.1) is 6.92 Å². The average molecular weight is 236 g/mol. The van der Waals surface area contributed by atoms with Crippen LogP contribution < -0.4 is 0 Å². The molecule has 1 aromatic carbocycles. The summed E-state index contributed by atoms with van der Waals surface area (Å²) in [5.41, 5.74) is 2.04. The Morgan fingerprint density at radius 2 is 2.29 bits per heavy atom. The molecule has 0 aromatic heterocycles. The highest BCUT2D eigenvalue weighted by atomic mass is 16.5. The number of hydrogen-bond acceptors (Lipinski definition) is 3. The Labute approximate surface area is 102 Å². The van der Waals surface area contributed by atoms with E-state index >= 15 is 0 Å². The monoisotopic (exact) mass is 236 g/mol. The summed E-state index contributed by atoms with van der Waals surface area (Å²) in [7, 11) is 0. The number of aliphatic hydroxyl groups is 1. The molecule has 94 valence electrons. The zero-order valence-electron chi connectivity index (χ0n) is 10.3. The first-order valence-electron chi connectivity index (χ1n) is 6.20. The zero-order chi connectivity index (χ0) is 12.1. The van der Waals surface area contributed by atoms with Crippen molar-refractivity contribution in [3.05, 3.63) is 35.4 Å². The van der Waals surface area contributed by atoms with E-state index in [4.69, 9.17) is 9.47 Å². The highest BCUT2D eigenvalue weighted by Crippen LogP contribution is 2.18. The Balaban J connectivity index is 1.77. The fraction of sp³-hybridized carbons (Fsp3) is 0.571. The molecule has 2 unspecified atom stereocenters. The van der Waals surface area contributed by atoms with Crippen molar-refractivity contribution in [1.82, 2.24) is 0 Å². The number of aliphatic hydroxyl groups excluding tert-OH is 1. The van der Waals surface area contributed by atoms with Gasteiger partial charge in [0.2, 0.25) is 0 Å². The van der Waals surface area contributed by atoms with Gasteiger partial charge >= 0.3 is 0 Å². The minimum absolute atomic E-state index is 0.221. The van der Waals surface area contributed by atoms with Crippen LogP contribution in [0.5, 0.6) is 0 Å². The standard InChI is InChI=1S/C14H20O3/c1-11-5-2-3-7-13(11)14(15)10-16-9-12-6-4-8-17-12/h2-3,5,7,12,14-15H,4,6,8-10H2,1H3. The highest BCUT2D eigenvalue weighted by Gasteiger charge is 2.16. The van der Waals surface area contributed by atoms with Gasteiger partial charge in [-0.25, -0.2) is 0 Å². The van der Waals surface area contributed by atoms with Crippen LogP contribution in [-0.4, -0.2) is 31.0 Å². The first kappa shape index (κ1) is 12.6.